The largest absolute Gasteiger partial charge is 0.478 e. The van der Waals surface area contributed by atoms with Crippen LogP contribution in [0.25, 0.3) is 0 Å². The normalized spacial score (nSPS) is 17.0. The standard InChI is InChI=1S/C15H20N2O3/c18-15(19)12-8-11-2-1-3-13(11)17-14(12)16-6-7-20-9-10-4-5-10/h8,10H,1-7,9H2,(H,16,17)(H,18,19). The molecule has 2 aliphatic rings. The number of ether oxygens (including phenoxy) is 1. The Bertz CT molecular complexity index is 512. The second-order valence-electron chi connectivity index (χ2n) is 5.59. The number of aromatic nitrogens is 1. The first-order valence-corrected chi connectivity index (χ1v) is 7.32. The molecule has 0 unspecified atom stereocenters. The summed E-state index contributed by atoms with van der Waals surface area (Å²) in [6.45, 7) is 2.01. The number of anilines is 1. The Kier molecular flexibility index (Phi) is 3.87. The van der Waals surface area contributed by atoms with Gasteiger partial charge in [0.2, 0.25) is 0 Å². The van der Waals surface area contributed by atoms with E-state index in [1.165, 1.54) is 12.8 Å². The Labute approximate surface area is 118 Å². The first kappa shape index (κ1) is 13.4. The lowest BCUT2D eigenvalue weighted by atomic mass is 10.1. The summed E-state index contributed by atoms with van der Waals surface area (Å²) in [5.74, 6) is 0.310. The first-order valence-electron chi connectivity index (χ1n) is 7.32. The summed E-state index contributed by atoms with van der Waals surface area (Å²) in [6.07, 6.45) is 5.51. The van der Waals surface area contributed by atoms with Crippen molar-refractivity contribution in [2.75, 3.05) is 25.1 Å². The molecule has 0 saturated heterocycles. The molecule has 2 aliphatic carbocycles. The highest BCUT2D eigenvalue weighted by Crippen LogP contribution is 2.28. The summed E-state index contributed by atoms with van der Waals surface area (Å²) in [7, 11) is 0. The van der Waals surface area contributed by atoms with Crippen LogP contribution >= 0.6 is 0 Å². The smallest absolute Gasteiger partial charge is 0.339 e. The Morgan fingerprint density at radius 1 is 1.45 bits per heavy atom. The van der Waals surface area contributed by atoms with E-state index in [-0.39, 0.29) is 5.56 Å². The number of carboxylic acids is 1. The third-order valence-electron chi connectivity index (χ3n) is 3.87. The molecule has 5 nitrogen and oxygen atoms in total. The predicted octanol–water partition coefficient (Wildman–Crippen LogP) is 2.11. The van der Waals surface area contributed by atoms with Gasteiger partial charge in [-0.05, 0) is 49.7 Å². The molecule has 20 heavy (non-hydrogen) atoms. The van der Waals surface area contributed by atoms with Crippen molar-refractivity contribution in [2.24, 2.45) is 5.92 Å². The Hall–Kier alpha value is -1.62. The van der Waals surface area contributed by atoms with Crippen molar-refractivity contribution >= 4 is 11.8 Å². The Balaban J connectivity index is 1.60. The minimum Gasteiger partial charge on any atom is -0.478 e. The van der Waals surface area contributed by atoms with E-state index >= 15 is 0 Å². The molecule has 2 N–H and O–H groups in total. The van der Waals surface area contributed by atoms with Crippen molar-refractivity contribution in [3.05, 3.63) is 22.9 Å². The zero-order valence-electron chi connectivity index (χ0n) is 11.5. The van der Waals surface area contributed by atoms with Crippen LogP contribution in [0.1, 0.15) is 40.9 Å². The summed E-state index contributed by atoms with van der Waals surface area (Å²) in [5.41, 5.74) is 2.39. The molecule has 1 saturated carbocycles. The van der Waals surface area contributed by atoms with Crippen LogP contribution in [0.15, 0.2) is 6.07 Å². The van der Waals surface area contributed by atoms with Crippen molar-refractivity contribution in [3.63, 3.8) is 0 Å². The molecule has 0 atom stereocenters. The van der Waals surface area contributed by atoms with Gasteiger partial charge in [0.05, 0.1) is 6.61 Å². The van der Waals surface area contributed by atoms with E-state index in [2.05, 4.69) is 10.3 Å². The fourth-order valence-electron chi connectivity index (χ4n) is 2.55. The zero-order valence-corrected chi connectivity index (χ0v) is 11.5. The van der Waals surface area contributed by atoms with Gasteiger partial charge in [-0.1, -0.05) is 0 Å². The second-order valence-corrected chi connectivity index (χ2v) is 5.59. The van der Waals surface area contributed by atoms with Gasteiger partial charge in [0.15, 0.2) is 0 Å². The summed E-state index contributed by atoms with van der Waals surface area (Å²) >= 11 is 0. The molecule has 0 aromatic carbocycles. The number of aryl methyl sites for hydroxylation is 2. The second kappa shape index (κ2) is 5.79. The fourth-order valence-corrected chi connectivity index (χ4v) is 2.55. The number of nitrogens with zero attached hydrogens (tertiary/aromatic N) is 1. The lowest BCUT2D eigenvalue weighted by molar-refractivity contribution is 0.0697. The monoisotopic (exact) mass is 276 g/mol. The molecule has 0 radical (unpaired) electrons. The van der Waals surface area contributed by atoms with E-state index in [1.54, 1.807) is 6.07 Å². The molecule has 0 amide bonds. The van der Waals surface area contributed by atoms with Crippen LogP contribution in [0, 0.1) is 5.92 Å². The van der Waals surface area contributed by atoms with Crippen molar-refractivity contribution in [2.45, 2.75) is 32.1 Å². The first-order chi connectivity index (χ1) is 9.74. The quantitative estimate of drug-likeness (QED) is 0.746. The van der Waals surface area contributed by atoms with Gasteiger partial charge >= 0.3 is 5.97 Å². The van der Waals surface area contributed by atoms with Crippen molar-refractivity contribution in [1.29, 1.82) is 0 Å². The van der Waals surface area contributed by atoms with Crippen molar-refractivity contribution < 1.29 is 14.6 Å². The van der Waals surface area contributed by atoms with E-state index in [1.807, 2.05) is 0 Å². The maximum atomic E-state index is 11.3. The van der Waals surface area contributed by atoms with Gasteiger partial charge in [0.25, 0.3) is 0 Å². The maximum absolute atomic E-state index is 11.3. The minimum absolute atomic E-state index is 0.271. The Morgan fingerprint density at radius 3 is 3.05 bits per heavy atom. The predicted molar refractivity (Wildman–Crippen MR) is 75.3 cm³/mol. The lowest BCUT2D eigenvalue weighted by Gasteiger charge is -2.11. The zero-order chi connectivity index (χ0) is 13.9. The van der Waals surface area contributed by atoms with Gasteiger partial charge < -0.3 is 15.2 Å². The molecule has 0 spiro atoms. The van der Waals surface area contributed by atoms with Crippen LogP contribution in [-0.2, 0) is 17.6 Å². The SMILES string of the molecule is O=C(O)c1cc2c(nc1NCCOCC1CC1)CCC2. The number of hydrogen-bond donors (Lipinski definition) is 2. The molecule has 0 bridgehead atoms. The average Bonchev–Trinajstić information content (AvgIpc) is 3.14. The maximum Gasteiger partial charge on any atom is 0.339 e. The van der Waals surface area contributed by atoms with Crippen molar-refractivity contribution in [3.8, 4) is 0 Å². The molecule has 5 heteroatoms. The number of hydrogen-bond acceptors (Lipinski definition) is 4. The molecular formula is C15H20N2O3. The van der Waals surface area contributed by atoms with E-state index in [0.29, 0.717) is 19.0 Å². The molecule has 0 aliphatic heterocycles. The molecule has 1 heterocycles. The van der Waals surface area contributed by atoms with Gasteiger partial charge in [0, 0.05) is 18.8 Å². The van der Waals surface area contributed by atoms with Gasteiger partial charge in [-0.3, -0.25) is 0 Å². The highest BCUT2D eigenvalue weighted by molar-refractivity contribution is 5.93. The van der Waals surface area contributed by atoms with Crippen LogP contribution < -0.4 is 5.32 Å². The molecular weight excluding hydrogens is 256 g/mol. The van der Waals surface area contributed by atoms with Gasteiger partial charge in [-0.2, -0.15) is 0 Å². The van der Waals surface area contributed by atoms with E-state index in [9.17, 15) is 9.90 Å². The summed E-state index contributed by atoms with van der Waals surface area (Å²) < 4.78 is 5.53. The van der Waals surface area contributed by atoms with Crippen LogP contribution in [0.4, 0.5) is 5.82 Å². The number of aromatic carboxylic acids is 1. The number of fused-ring (bicyclic) bond motifs is 1. The third-order valence-corrected chi connectivity index (χ3v) is 3.87. The topological polar surface area (TPSA) is 71.5 Å². The molecule has 1 fully saturated rings. The Morgan fingerprint density at radius 2 is 2.30 bits per heavy atom. The lowest BCUT2D eigenvalue weighted by Crippen LogP contribution is -2.15. The van der Waals surface area contributed by atoms with Crippen molar-refractivity contribution in [1.82, 2.24) is 4.98 Å². The van der Waals surface area contributed by atoms with Crippen LogP contribution in [-0.4, -0.2) is 35.8 Å². The van der Waals surface area contributed by atoms with E-state index < -0.39 is 5.97 Å². The highest BCUT2D eigenvalue weighted by atomic mass is 16.5. The number of pyridine rings is 1. The van der Waals surface area contributed by atoms with Gasteiger partial charge in [0.1, 0.15) is 11.4 Å². The van der Waals surface area contributed by atoms with Crippen LogP contribution in [0.5, 0.6) is 0 Å². The number of carbonyl (C=O) groups is 1. The highest BCUT2D eigenvalue weighted by Gasteiger charge is 2.21. The number of nitrogens with one attached hydrogen (secondary N) is 1. The van der Waals surface area contributed by atoms with Gasteiger partial charge in [-0.25, -0.2) is 9.78 Å². The van der Waals surface area contributed by atoms with Gasteiger partial charge in [-0.15, -0.1) is 0 Å². The summed E-state index contributed by atoms with van der Waals surface area (Å²) in [6, 6.07) is 1.77. The third kappa shape index (κ3) is 3.10. The van der Waals surface area contributed by atoms with E-state index in [0.717, 1.165) is 43.0 Å². The van der Waals surface area contributed by atoms with E-state index in [4.69, 9.17) is 4.74 Å². The molecule has 108 valence electrons. The summed E-state index contributed by atoms with van der Waals surface area (Å²) in [5, 5.41) is 12.4. The summed E-state index contributed by atoms with van der Waals surface area (Å²) in [4.78, 5) is 15.8. The van der Waals surface area contributed by atoms with Crippen LogP contribution in [0.2, 0.25) is 0 Å². The fraction of sp³-hybridized carbons (Fsp3) is 0.600. The number of carboxylic acid groups (broad SMARTS) is 1. The average molecular weight is 276 g/mol. The minimum atomic E-state index is -0.923. The molecule has 3 rings (SSSR count). The molecule has 1 aromatic heterocycles. The number of rotatable bonds is 7. The van der Waals surface area contributed by atoms with Crippen LogP contribution in [0.3, 0.4) is 0 Å². The molecule has 1 aromatic rings.